The fourth-order valence-corrected chi connectivity index (χ4v) is 6.32. The molecule has 2 amide bonds. The first-order valence-electron chi connectivity index (χ1n) is 11.7. The fraction of sp³-hybridized carbons (Fsp3) is 0.185. The van der Waals surface area contributed by atoms with Gasteiger partial charge in [0, 0.05) is 0 Å². The molecular weight excluding hydrogens is 657 g/mol. The van der Waals surface area contributed by atoms with Gasteiger partial charge in [-0.15, -0.1) is 0 Å². The summed E-state index contributed by atoms with van der Waals surface area (Å²) in [6, 6.07) is 18.1. The molecule has 204 valence electrons. The van der Waals surface area contributed by atoms with Crippen LogP contribution in [0.25, 0.3) is 6.08 Å². The highest BCUT2D eigenvalue weighted by Gasteiger charge is 2.35. The minimum atomic E-state index is -4.10. The molecule has 0 bridgehead atoms. The molecule has 39 heavy (non-hydrogen) atoms. The Balaban J connectivity index is 1.52. The summed E-state index contributed by atoms with van der Waals surface area (Å²) in [5.74, 6) is 0.848. The number of ether oxygens (including phenoxy) is 3. The number of para-hydroxylation sites is 2. The van der Waals surface area contributed by atoms with Crippen molar-refractivity contribution >= 4 is 61.7 Å². The SMILES string of the molecule is CCOc1cc(/C=C2\SC(=O)N(CCOc3ccccc3OC)C2=O)cc(I)c1OS(=O)(=O)c1ccccc1. The van der Waals surface area contributed by atoms with Gasteiger partial charge >= 0.3 is 10.1 Å². The predicted octanol–water partition coefficient (Wildman–Crippen LogP) is 5.58. The number of hydrogen-bond acceptors (Lipinski definition) is 9. The van der Waals surface area contributed by atoms with Crippen molar-refractivity contribution in [2.75, 3.05) is 26.9 Å². The number of thioether (sulfide) groups is 1. The molecule has 12 heteroatoms. The van der Waals surface area contributed by atoms with Crippen LogP contribution in [0.5, 0.6) is 23.0 Å². The number of imide groups is 1. The summed E-state index contributed by atoms with van der Waals surface area (Å²) in [6.07, 6.45) is 1.56. The lowest BCUT2D eigenvalue weighted by Crippen LogP contribution is -2.32. The molecule has 3 aromatic rings. The lowest BCUT2D eigenvalue weighted by molar-refractivity contribution is -0.123. The van der Waals surface area contributed by atoms with Crippen molar-refractivity contribution in [1.29, 1.82) is 0 Å². The van der Waals surface area contributed by atoms with E-state index in [-0.39, 0.29) is 41.1 Å². The van der Waals surface area contributed by atoms with Crippen LogP contribution in [-0.2, 0) is 14.9 Å². The molecular formula is C27H24INO8S2. The summed E-state index contributed by atoms with van der Waals surface area (Å²) in [6.45, 7) is 2.17. The number of carbonyl (C=O) groups excluding carboxylic acids is 2. The Kier molecular flexibility index (Phi) is 9.40. The first kappa shape index (κ1) is 28.8. The maximum Gasteiger partial charge on any atom is 0.339 e. The molecule has 0 saturated carbocycles. The van der Waals surface area contributed by atoms with E-state index in [9.17, 15) is 18.0 Å². The number of benzene rings is 3. The Morgan fingerprint density at radius 1 is 0.949 bits per heavy atom. The number of rotatable bonds is 11. The van der Waals surface area contributed by atoms with E-state index < -0.39 is 21.3 Å². The molecule has 9 nitrogen and oxygen atoms in total. The van der Waals surface area contributed by atoms with E-state index in [0.29, 0.717) is 20.6 Å². The maximum absolute atomic E-state index is 13.0. The Morgan fingerprint density at radius 2 is 1.64 bits per heavy atom. The molecule has 4 rings (SSSR count). The summed E-state index contributed by atoms with van der Waals surface area (Å²) in [4.78, 5) is 26.9. The average Bonchev–Trinajstić information content (AvgIpc) is 3.19. The van der Waals surface area contributed by atoms with Gasteiger partial charge in [-0.25, -0.2) is 0 Å². The van der Waals surface area contributed by atoms with Gasteiger partial charge < -0.3 is 18.4 Å². The smallest absolute Gasteiger partial charge is 0.339 e. The quantitative estimate of drug-likeness (QED) is 0.146. The minimum Gasteiger partial charge on any atom is -0.493 e. The molecule has 0 unspecified atom stereocenters. The molecule has 0 atom stereocenters. The molecule has 3 aromatic carbocycles. The Morgan fingerprint density at radius 3 is 2.33 bits per heavy atom. The number of carbonyl (C=O) groups is 2. The van der Waals surface area contributed by atoms with E-state index >= 15 is 0 Å². The van der Waals surface area contributed by atoms with Gasteiger partial charge in [0.05, 0.1) is 28.7 Å². The Bertz CT molecular complexity index is 1510. The number of nitrogens with zero attached hydrogens (tertiary/aromatic N) is 1. The maximum atomic E-state index is 13.0. The van der Waals surface area contributed by atoms with Gasteiger partial charge in [-0.2, -0.15) is 8.42 Å². The van der Waals surface area contributed by atoms with Crippen LogP contribution in [0, 0.1) is 3.57 Å². The lowest BCUT2D eigenvalue weighted by Gasteiger charge is -2.15. The van der Waals surface area contributed by atoms with Gasteiger partial charge in [0.25, 0.3) is 11.1 Å². The van der Waals surface area contributed by atoms with Gasteiger partial charge in [0.2, 0.25) is 0 Å². The lowest BCUT2D eigenvalue weighted by atomic mass is 10.2. The van der Waals surface area contributed by atoms with Crippen molar-refractivity contribution in [2.45, 2.75) is 11.8 Å². The highest BCUT2D eigenvalue weighted by Crippen LogP contribution is 2.39. The summed E-state index contributed by atoms with van der Waals surface area (Å²) >= 11 is 2.76. The zero-order valence-electron chi connectivity index (χ0n) is 21.0. The zero-order chi connectivity index (χ0) is 28.0. The van der Waals surface area contributed by atoms with Gasteiger partial charge in [0.15, 0.2) is 23.0 Å². The van der Waals surface area contributed by atoms with Gasteiger partial charge in [0.1, 0.15) is 11.5 Å². The molecule has 0 spiro atoms. The molecule has 1 heterocycles. The molecule has 0 aromatic heterocycles. The van der Waals surface area contributed by atoms with Crippen molar-refractivity contribution in [3.63, 3.8) is 0 Å². The summed E-state index contributed by atoms with van der Waals surface area (Å²) in [7, 11) is -2.57. The third-order valence-corrected chi connectivity index (χ3v) is 8.31. The molecule has 0 radical (unpaired) electrons. The zero-order valence-corrected chi connectivity index (χ0v) is 24.7. The highest BCUT2D eigenvalue weighted by atomic mass is 127. The topological polar surface area (TPSA) is 108 Å². The third-order valence-electron chi connectivity index (χ3n) is 5.37. The molecule has 1 saturated heterocycles. The van der Waals surface area contributed by atoms with Crippen LogP contribution in [0.3, 0.4) is 0 Å². The fourth-order valence-electron chi connectivity index (χ4n) is 3.59. The average molecular weight is 682 g/mol. The van der Waals surface area contributed by atoms with E-state index in [0.717, 1.165) is 16.7 Å². The summed E-state index contributed by atoms with van der Waals surface area (Å²) in [5.41, 5.74) is 0.545. The number of hydrogen-bond donors (Lipinski definition) is 0. The predicted molar refractivity (Wildman–Crippen MR) is 156 cm³/mol. The van der Waals surface area contributed by atoms with E-state index in [1.165, 1.54) is 19.2 Å². The van der Waals surface area contributed by atoms with Crippen LogP contribution in [0.2, 0.25) is 0 Å². The minimum absolute atomic E-state index is 0.00990. The van der Waals surface area contributed by atoms with Crippen LogP contribution < -0.4 is 18.4 Å². The van der Waals surface area contributed by atoms with Crippen LogP contribution in [-0.4, -0.2) is 51.3 Å². The molecule has 1 fully saturated rings. The van der Waals surface area contributed by atoms with Crippen molar-refractivity contribution in [3.05, 3.63) is 80.8 Å². The molecule has 1 aliphatic rings. The molecule has 1 aliphatic heterocycles. The summed E-state index contributed by atoms with van der Waals surface area (Å²) < 4.78 is 48.1. The van der Waals surface area contributed by atoms with Crippen molar-refractivity contribution < 1.29 is 36.4 Å². The second kappa shape index (κ2) is 12.7. The monoisotopic (exact) mass is 681 g/mol. The van der Waals surface area contributed by atoms with Crippen molar-refractivity contribution in [3.8, 4) is 23.0 Å². The standard InChI is InChI=1S/C27H24INO8S2/c1-3-35-23-16-18(15-20(28)25(23)37-39(32,33)19-9-5-4-6-10-19)17-24-26(30)29(27(31)38-24)13-14-36-22-12-8-7-11-21(22)34-2/h4-12,15-17H,3,13-14H2,1-2H3/b24-17-. The Labute approximate surface area is 244 Å². The first-order valence-corrected chi connectivity index (χ1v) is 15.0. The number of amides is 2. The van der Waals surface area contributed by atoms with Crippen LogP contribution >= 0.6 is 34.4 Å². The van der Waals surface area contributed by atoms with E-state index in [1.54, 1.807) is 61.5 Å². The number of halogens is 1. The Hall–Kier alpha value is -3.23. The van der Waals surface area contributed by atoms with E-state index in [4.69, 9.17) is 18.4 Å². The second-order valence-electron chi connectivity index (χ2n) is 7.95. The highest BCUT2D eigenvalue weighted by molar-refractivity contribution is 14.1. The van der Waals surface area contributed by atoms with E-state index in [2.05, 4.69) is 0 Å². The normalized spacial score (nSPS) is 14.5. The van der Waals surface area contributed by atoms with Crippen LogP contribution in [0.15, 0.2) is 76.5 Å². The van der Waals surface area contributed by atoms with Gasteiger partial charge in [-0.3, -0.25) is 14.5 Å². The van der Waals surface area contributed by atoms with Gasteiger partial charge in [-0.05, 0) is 89.3 Å². The van der Waals surface area contributed by atoms with Gasteiger partial charge in [-0.1, -0.05) is 30.3 Å². The van der Waals surface area contributed by atoms with Crippen LogP contribution in [0.4, 0.5) is 4.79 Å². The second-order valence-corrected chi connectivity index (χ2v) is 11.6. The van der Waals surface area contributed by atoms with E-state index in [1.807, 2.05) is 28.7 Å². The first-order chi connectivity index (χ1) is 18.7. The van der Waals surface area contributed by atoms with Crippen LogP contribution in [0.1, 0.15) is 12.5 Å². The van der Waals surface area contributed by atoms with Crippen molar-refractivity contribution in [1.82, 2.24) is 4.90 Å². The third kappa shape index (κ3) is 6.86. The molecule has 0 aliphatic carbocycles. The summed E-state index contributed by atoms with van der Waals surface area (Å²) in [5, 5.41) is -0.413. The molecule has 0 N–H and O–H groups in total. The largest absolute Gasteiger partial charge is 0.493 e. The number of methoxy groups -OCH3 is 1. The van der Waals surface area contributed by atoms with Crippen molar-refractivity contribution in [2.24, 2.45) is 0 Å².